The molecule has 0 saturated carbocycles. The van der Waals surface area contributed by atoms with Crippen molar-refractivity contribution < 1.29 is 0 Å². The summed E-state index contributed by atoms with van der Waals surface area (Å²) in [5, 5.41) is 16.1. The number of nitrogens with zero attached hydrogens (tertiary/aromatic N) is 5. The number of aliphatic imine (C=N–C) groups is 1. The van der Waals surface area contributed by atoms with E-state index < -0.39 is 0 Å². The Morgan fingerprint density at radius 2 is 2.00 bits per heavy atom. The molecular formula is C18H23Cl2IN8. The van der Waals surface area contributed by atoms with E-state index in [4.69, 9.17) is 23.2 Å². The minimum absolute atomic E-state index is 0. The SMILES string of the molecule is CCNC(=NCc1ccc(Cl)cc1Cl)NCCNc1ncnc2c1cnn2C.I. The number of halogens is 3. The number of aryl methyl sites for hydroxylation is 1. The average molecular weight is 549 g/mol. The molecule has 0 unspecified atom stereocenters. The lowest BCUT2D eigenvalue weighted by Crippen LogP contribution is -2.39. The molecule has 2 heterocycles. The summed E-state index contributed by atoms with van der Waals surface area (Å²) >= 11 is 12.1. The van der Waals surface area contributed by atoms with E-state index in [1.807, 2.05) is 26.1 Å². The molecule has 156 valence electrons. The smallest absolute Gasteiger partial charge is 0.191 e. The fourth-order valence-electron chi connectivity index (χ4n) is 2.62. The molecule has 0 saturated heterocycles. The topological polar surface area (TPSA) is 92.1 Å². The van der Waals surface area contributed by atoms with Gasteiger partial charge in [0.15, 0.2) is 11.6 Å². The number of aromatic nitrogens is 4. The number of rotatable bonds is 7. The summed E-state index contributed by atoms with van der Waals surface area (Å²) < 4.78 is 1.72. The third kappa shape index (κ3) is 6.31. The van der Waals surface area contributed by atoms with Gasteiger partial charge in [0.1, 0.15) is 12.1 Å². The molecule has 0 spiro atoms. The Bertz CT molecular complexity index is 976. The van der Waals surface area contributed by atoms with Crippen molar-refractivity contribution in [3.8, 4) is 0 Å². The van der Waals surface area contributed by atoms with Crippen molar-refractivity contribution in [2.75, 3.05) is 25.0 Å². The van der Waals surface area contributed by atoms with Crippen LogP contribution in [-0.4, -0.2) is 45.3 Å². The van der Waals surface area contributed by atoms with Crippen molar-refractivity contribution in [1.82, 2.24) is 30.4 Å². The van der Waals surface area contributed by atoms with Crippen LogP contribution in [0.1, 0.15) is 12.5 Å². The molecule has 0 aliphatic heterocycles. The highest BCUT2D eigenvalue weighted by Crippen LogP contribution is 2.21. The lowest BCUT2D eigenvalue weighted by Gasteiger charge is -2.12. The maximum atomic E-state index is 6.21. The molecule has 3 rings (SSSR count). The van der Waals surface area contributed by atoms with Gasteiger partial charge in [-0.3, -0.25) is 4.68 Å². The van der Waals surface area contributed by atoms with Crippen molar-refractivity contribution in [3.05, 3.63) is 46.3 Å². The molecule has 29 heavy (non-hydrogen) atoms. The first-order chi connectivity index (χ1) is 13.6. The van der Waals surface area contributed by atoms with Crippen LogP contribution in [0.25, 0.3) is 11.0 Å². The van der Waals surface area contributed by atoms with Gasteiger partial charge in [0.25, 0.3) is 0 Å². The van der Waals surface area contributed by atoms with Crippen molar-refractivity contribution in [1.29, 1.82) is 0 Å². The van der Waals surface area contributed by atoms with Crippen LogP contribution in [0.3, 0.4) is 0 Å². The predicted octanol–water partition coefficient (Wildman–Crippen LogP) is 3.46. The monoisotopic (exact) mass is 548 g/mol. The summed E-state index contributed by atoms with van der Waals surface area (Å²) in [5.41, 5.74) is 1.71. The molecule has 3 aromatic rings. The van der Waals surface area contributed by atoms with E-state index in [0.717, 1.165) is 29.0 Å². The van der Waals surface area contributed by atoms with Crippen LogP contribution in [0.2, 0.25) is 10.0 Å². The van der Waals surface area contributed by atoms with Gasteiger partial charge in [-0.05, 0) is 24.6 Å². The molecular weight excluding hydrogens is 526 g/mol. The van der Waals surface area contributed by atoms with Crippen molar-refractivity contribution in [3.63, 3.8) is 0 Å². The summed E-state index contributed by atoms with van der Waals surface area (Å²) in [6.45, 7) is 4.56. The lowest BCUT2D eigenvalue weighted by atomic mass is 10.2. The van der Waals surface area contributed by atoms with Gasteiger partial charge < -0.3 is 16.0 Å². The van der Waals surface area contributed by atoms with Crippen molar-refractivity contribution in [2.24, 2.45) is 12.0 Å². The zero-order valence-electron chi connectivity index (χ0n) is 16.1. The standard InChI is InChI=1S/C18H22Cl2N8.HI/c1-3-21-18(24-9-12-4-5-13(19)8-15(12)20)23-7-6-22-16-14-10-27-28(2)17(14)26-11-25-16;/h4-5,8,10-11H,3,6-7,9H2,1-2H3,(H2,21,23,24)(H,22,25,26);1H. The van der Waals surface area contributed by atoms with Gasteiger partial charge in [0, 0.05) is 36.7 Å². The Labute approximate surface area is 196 Å². The molecule has 1 aromatic carbocycles. The summed E-state index contributed by atoms with van der Waals surface area (Å²) in [6, 6.07) is 5.41. The third-order valence-corrected chi connectivity index (χ3v) is 4.59. The predicted molar refractivity (Wildman–Crippen MR) is 129 cm³/mol. The summed E-state index contributed by atoms with van der Waals surface area (Å²) in [6.07, 6.45) is 3.29. The molecule has 2 aromatic heterocycles. The summed E-state index contributed by atoms with van der Waals surface area (Å²) in [5.74, 6) is 1.47. The van der Waals surface area contributed by atoms with Crippen LogP contribution in [0.4, 0.5) is 5.82 Å². The summed E-state index contributed by atoms with van der Waals surface area (Å²) in [4.78, 5) is 13.1. The fraction of sp³-hybridized carbons (Fsp3) is 0.333. The van der Waals surface area contributed by atoms with Crippen LogP contribution in [0, 0.1) is 0 Å². The van der Waals surface area contributed by atoms with E-state index in [1.165, 1.54) is 6.33 Å². The highest BCUT2D eigenvalue weighted by molar-refractivity contribution is 14.0. The number of hydrogen-bond acceptors (Lipinski definition) is 5. The van der Waals surface area contributed by atoms with Crippen LogP contribution < -0.4 is 16.0 Å². The zero-order valence-corrected chi connectivity index (χ0v) is 20.0. The molecule has 8 nitrogen and oxygen atoms in total. The maximum absolute atomic E-state index is 6.21. The van der Waals surface area contributed by atoms with E-state index in [-0.39, 0.29) is 24.0 Å². The molecule has 0 atom stereocenters. The second-order valence-electron chi connectivity index (χ2n) is 6.01. The molecule has 0 bridgehead atoms. The Kier molecular flexibility index (Phi) is 9.18. The fourth-order valence-corrected chi connectivity index (χ4v) is 3.09. The van der Waals surface area contributed by atoms with Crippen LogP contribution in [0.5, 0.6) is 0 Å². The molecule has 11 heteroatoms. The van der Waals surface area contributed by atoms with Crippen molar-refractivity contribution >= 4 is 70.0 Å². The van der Waals surface area contributed by atoms with E-state index in [1.54, 1.807) is 16.9 Å². The molecule has 0 radical (unpaired) electrons. The second kappa shape index (κ2) is 11.4. The first kappa shape index (κ1) is 23.4. The number of anilines is 1. The second-order valence-corrected chi connectivity index (χ2v) is 6.86. The first-order valence-electron chi connectivity index (χ1n) is 8.91. The number of fused-ring (bicyclic) bond motifs is 1. The minimum atomic E-state index is 0. The number of guanidine groups is 1. The van der Waals surface area contributed by atoms with E-state index in [2.05, 4.69) is 36.0 Å². The highest BCUT2D eigenvalue weighted by Gasteiger charge is 2.07. The van der Waals surface area contributed by atoms with Crippen LogP contribution in [-0.2, 0) is 13.6 Å². The molecule has 0 aliphatic carbocycles. The lowest BCUT2D eigenvalue weighted by molar-refractivity contribution is 0.785. The normalized spacial score (nSPS) is 11.2. The molecule has 0 amide bonds. The average Bonchev–Trinajstić information content (AvgIpc) is 3.06. The van der Waals surface area contributed by atoms with Gasteiger partial charge >= 0.3 is 0 Å². The number of hydrogen-bond donors (Lipinski definition) is 3. The van der Waals surface area contributed by atoms with Gasteiger partial charge in [-0.25, -0.2) is 15.0 Å². The van der Waals surface area contributed by atoms with E-state index in [0.29, 0.717) is 35.6 Å². The van der Waals surface area contributed by atoms with Gasteiger partial charge in [-0.15, -0.1) is 24.0 Å². The van der Waals surface area contributed by atoms with E-state index in [9.17, 15) is 0 Å². The molecule has 3 N–H and O–H groups in total. The zero-order chi connectivity index (χ0) is 19.9. The minimum Gasteiger partial charge on any atom is -0.368 e. The van der Waals surface area contributed by atoms with Gasteiger partial charge in [0.2, 0.25) is 0 Å². The number of nitrogens with one attached hydrogen (secondary N) is 3. The Balaban J connectivity index is 0.00000300. The van der Waals surface area contributed by atoms with Gasteiger partial charge in [0.05, 0.1) is 18.1 Å². The highest BCUT2D eigenvalue weighted by atomic mass is 127. The Morgan fingerprint density at radius 3 is 2.76 bits per heavy atom. The van der Waals surface area contributed by atoms with Crippen molar-refractivity contribution in [2.45, 2.75) is 13.5 Å². The first-order valence-corrected chi connectivity index (χ1v) is 9.66. The summed E-state index contributed by atoms with van der Waals surface area (Å²) in [7, 11) is 1.85. The Morgan fingerprint density at radius 1 is 1.17 bits per heavy atom. The van der Waals surface area contributed by atoms with E-state index >= 15 is 0 Å². The molecule has 0 fully saturated rings. The maximum Gasteiger partial charge on any atom is 0.191 e. The van der Waals surface area contributed by atoms with Crippen LogP contribution in [0.15, 0.2) is 35.7 Å². The van der Waals surface area contributed by atoms with Gasteiger partial charge in [-0.1, -0.05) is 29.3 Å². The quantitative estimate of drug-likeness (QED) is 0.181. The Hall–Kier alpha value is -1.85. The van der Waals surface area contributed by atoms with Crippen LogP contribution >= 0.6 is 47.2 Å². The molecule has 0 aliphatic rings. The number of benzene rings is 1. The third-order valence-electron chi connectivity index (χ3n) is 4.01. The van der Waals surface area contributed by atoms with Gasteiger partial charge in [-0.2, -0.15) is 5.10 Å². The largest absolute Gasteiger partial charge is 0.368 e.